The fourth-order valence-electron chi connectivity index (χ4n) is 1.51. The van der Waals surface area contributed by atoms with Crippen LogP contribution >= 0.6 is 0 Å². The molecular formula is C10H21N5O. The van der Waals surface area contributed by atoms with Gasteiger partial charge in [-0.2, -0.15) is 0 Å². The van der Waals surface area contributed by atoms with E-state index in [4.69, 9.17) is 10.5 Å². The highest BCUT2D eigenvalue weighted by atomic mass is 16.5. The van der Waals surface area contributed by atoms with E-state index in [1.54, 1.807) is 11.8 Å². The molecule has 1 aromatic heterocycles. The zero-order chi connectivity index (χ0) is 12.2. The third kappa shape index (κ3) is 3.53. The largest absolute Gasteiger partial charge is 0.385 e. The van der Waals surface area contributed by atoms with Gasteiger partial charge in [0.05, 0.1) is 12.6 Å². The molecule has 1 aromatic rings. The highest BCUT2D eigenvalue weighted by Gasteiger charge is 2.22. The van der Waals surface area contributed by atoms with Gasteiger partial charge in [0, 0.05) is 13.7 Å². The Balaban J connectivity index is 2.68. The molecule has 6 heteroatoms. The Hall–Kier alpha value is -1.01. The highest BCUT2D eigenvalue weighted by Crippen LogP contribution is 2.23. The van der Waals surface area contributed by atoms with E-state index in [1.165, 1.54) is 0 Å². The van der Waals surface area contributed by atoms with Gasteiger partial charge >= 0.3 is 0 Å². The summed E-state index contributed by atoms with van der Waals surface area (Å²) in [4.78, 5) is 0. The Bertz CT molecular complexity index is 321. The van der Waals surface area contributed by atoms with Crippen LogP contribution in [0.25, 0.3) is 0 Å². The molecule has 16 heavy (non-hydrogen) atoms. The molecule has 92 valence electrons. The summed E-state index contributed by atoms with van der Waals surface area (Å²) in [5, 5.41) is 11.6. The fraction of sp³-hybridized carbons (Fsp3) is 0.900. The monoisotopic (exact) mass is 227 g/mol. The van der Waals surface area contributed by atoms with Crippen LogP contribution in [0.5, 0.6) is 0 Å². The number of nitrogens with two attached hydrogens (primary N) is 1. The Labute approximate surface area is 96.2 Å². The van der Waals surface area contributed by atoms with Crippen LogP contribution in [-0.2, 0) is 11.3 Å². The second-order valence-corrected chi connectivity index (χ2v) is 4.89. The van der Waals surface area contributed by atoms with Crippen LogP contribution in [0.1, 0.15) is 39.1 Å². The number of hydrogen-bond donors (Lipinski definition) is 1. The van der Waals surface area contributed by atoms with Gasteiger partial charge in [0.2, 0.25) is 0 Å². The van der Waals surface area contributed by atoms with Crippen LogP contribution in [0.15, 0.2) is 0 Å². The Morgan fingerprint density at radius 3 is 2.75 bits per heavy atom. The predicted octanol–water partition coefficient (Wildman–Crippen LogP) is 0.755. The van der Waals surface area contributed by atoms with Crippen molar-refractivity contribution in [2.45, 2.75) is 39.8 Å². The summed E-state index contributed by atoms with van der Waals surface area (Å²) >= 11 is 0. The van der Waals surface area contributed by atoms with Gasteiger partial charge in [0.15, 0.2) is 5.82 Å². The van der Waals surface area contributed by atoms with Crippen LogP contribution in [0.4, 0.5) is 0 Å². The molecule has 2 N–H and O–H groups in total. The molecule has 0 aromatic carbocycles. The number of tetrazole rings is 1. The maximum Gasteiger partial charge on any atom is 0.167 e. The summed E-state index contributed by atoms with van der Waals surface area (Å²) < 4.78 is 6.87. The minimum atomic E-state index is -0.145. The van der Waals surface area contributed by atoms with Gasteiger partial charge in [-0.25, -0.2) is 4.68 Å². The van der Waals surface area contributed by atoms with Gasteiger partial charge in [-0.15, -0.1) is 5.10 Å². The molecule has 0 aliphatic heterocycles. The van der Waals surface area contributed by atoms with Crippen LogP contribution in [-0.4, -0.2) is 33.9 Å². The van der Waals surface area contributed by atoms with E-state index < -0.39 is 0 Å². The van der Waals surface area contributed by atoms with Crippen molar-refractivity contribution in [3.63, 3.8) is 0 Å². The number of ether oxygens (including phenoxy) is 1. The molecule has 0 spiro atoms. The van der Waals surface area contributed by atoms with Crippen LogP contribution in [0.3, 0.4) is 0 Å². The molecule has 0 amide bonds. The second-order valence-electron chi connectivity index (χ2n) is 4.89. The number of rotatable bonds is 6. The summed E-state index contributed by atoms with van der Waals surface area (Å²) in [6.45, 7) is 7.70. The van der Waals surface area contributed by atoms with Crippen LogP contribution < -0.4 is 5.73 Å². The molecule has 0 bridgehead atoms. The van der Waals surface area contributed by atoms with Crippen molar-refractivity contribution in [2.24, 2.45) is 11.1 Å². The summed E-state index contributed by atoms with van der Waals surface area (Å²) in [6.07, 6.45) is 0.960. The Kier molecular flexibility index (Phi) is 4.37. The molecule has 1 rings (SSSR count). The topological polar surface area (TPSA) is 78.8 Å². The lowest BCUT2D eigenvalue weighted by Crippen LogP contribution is -2.25. The lowest BCUT2D eigenvalue weighted by Gasteiger charge is -2.24. The average Bonchev–Trinajstić information content (AvgIpc) is 2.62. The molecule has 0 saturated carbocycles. The normalized spacial score (nSPS) is 14.1. The lowest BCUT2D eigenvalue weighted by atomic mass is 9.90. The van der Waals surface area contributed by atoms with Crippen molar-refractivity contribution in [3.8, 4) is 0 Å². The SMILES string of the molecule is COCCC(C)(C)Cn1nnnc1C(C)N. The molecule has 0 saturated heterocycles. The molecule has 0 fully saturated rings. The van der Waals surface area contributed by atoms with Gasteiger partial charge in [0.25, 0.3) is 0 Å². The third-order valence-electron chi connectivity index (χ3n) is 2.53. The first-order valence-corrected chi connectivity index (χ1v) is 5.47. The Morgan fingerprint density at radius 1 is 1.50 bits per heavy atom. The van der Waals surface area contributed by atoms with Crippen molar-refractivity contribution in [3.05, 3.63) is 5.82 Å². The minimum absolute atomic E-state index is 0.0923. The zero-order valence-electron chi connectivity index (χ0n) is 10.5. The van der Waals surface area contributed by atoms with Crippen molar-refractivity contribution in [1.82, 2.24) is 20.2 Å². The molecule has 1 unspecified atom stereocenters. The van der Waals surface area contributed by atoms with E-state index in [2.05, 4.69) is 29.4 Å². The summed E-state index contributed by atoms with van der Waals surface area (Å²) in [7, 11) is 1.71. The van der Waals surface area contributed by atoms with E-state index in [0.717, 1.165) is 25.4 Å². The van der Waals surface area contributed by atoms with Gasteiger partial charge < -0.3 is 10.5 Å². The first kappa shape index (κ1) is 13.1. The lowest BCUT2D eigenvalue weighted by molar-refractivity contribution is 0.138. The second kappa shape index (κ2) is 5.36. The van der Waals surface area contributed by atoms with Gasteiger partial charge in [0.1, 0.15) is 0 Å². The number of nitrogens with zero attached hydrogens (tertiary/aromatic N) is 4. The first-order valence-electron chi connectivity index (χ1n) is 5.47. The van der Waals surface area contributed by atoms with Crippen LogP contribution in [0.2, 0.25) is 0 Å². The first-order chi connectivity index (χ1) is 7.46. The van der Waals surface area contributed by atoms with E-state index in [-0.39, 0.29) is 11.5 Å². The van der Waals surface area contributed by atoms with Crippen molar-refractivity contribution >= 4 is 0 Å². The number of aromatic nitrogens is 4. The highest BCUT2D eigenvalue weighted by molar-refractivity contribution is 4.88. The van der Waals surface area contributed by atoms with E-state index in [1.807, 2.05) is 6.92 Å². The predicted molar refractivity (Wildman–Crippen MR) is 60.7 cm³/mol. The van der Waals surface area contributed by atoms with Crippen molar-refractivity contribution in [1.29, 1.82) is 0 Å². The average molecular weight is 227 g/mol. The molecule has 0 radical (unpaired) electrons. The van der Waals surface area contributed by atoms with E-state index in [9.17, 15) is 0 Å². The molecule has 0 aliphatic carbocycles. The minimum Gasteiger partial charge on any atom is -0.385 e. The van der Waals surface area contributed by atoms with Gasteiger partial charge in [-0.3, -0.25) is 0 Å². The summed E-state index contributed by atoms with van der Waals surface area (Å²) in [5.74, 6) is 0.727. The van der Waals surface area contributed by atoms with Crippen LogP contribution in [0, 0.1) is 5.41 Å². The molecule has 1 atom stereocenters. The van der Waals surface area contributed by atoms with E-state index in [0.29, 0.717) is 0 Å². The maximum atomic E-state index is 5.79. The Morgan fingerprint density at radius 2 is 2.19 bits per heavy atom. The van der Waals surface area contributed by atoms with Crippen molar-refractivity contribution < 1.29 is 4.74 Å². The zero-order valence-corrected chi connectivity index (χ0v) is 10.5. The van der Waals surface area contributed by atoms with Crippen molar-refractivity contribution in [2.75, 3.05) is 13.7 Å². The number of methoxy groups -OCH3 is 1. The third-order valence-corrected chi connectivity index (χ3v) is 2.53. The molecule has 1 heterocycles. The standard InChI is InChI=1S/C10H21N5O/c1-8(11)9-12-13-14-15(9)7-10(2,3)5-6-16-4/h8H,5-7,11H2,1-4H3. The van der Waals surface area contributed by atoms with Gasteiger partial charge in [-0.05, 0) is 29.2 Å². The maximum absolute atomic E-state index is 5.79. The molecular weight excluding hydrogens is 206 g/mol. The fourth-order valence-corrected chi connectivity index (χ4v) is 1.51. The summed E-state index contributed by atoms with van der Waals surface area (Å²) in [6, 6.07) is -0.145. The quantitative estimate of drug-likeness (QED) is 0.776. The smallest absolute Gasteiger partial charge is 0.167 e. The molecule has 0 aliphatic rings. The van der Waals surface area contributed by atoms with Gasteiger partial charge in [-0.1, -0.05) is 13.8 Å². The van der Waals surface area contributed by atoms with E-state index >= 15 is 0 Å². The molecule has 6 nitrogen and oxygen atoms in total. The summed E-state index contributed by atoms with van der Waals surface area (Å²) in [5.41, 5.74) is 5.88. The number of hydrogen-bond acceptors (Lipinski definition) is 5.